The third-order valence-corrected chi connectivity index (χ3v) is 6.98. The van der Waals surface area contributed by atoms with E-state index in [2.05, 4.69) is 20.3 Å². The molecule has 4 N–H and O–H groups in total. The minimum atomic E-state index is -0.984. The van der Waals surface area contributed by atoms with Gasteiger partial charge < -0.3 is 39.7 Å². The van der Waals surface area contributed by atoms with E-state index in [0.29, 0.717) is 23.0 Å². The molecule has 2 aliphatic heterocycles. The van der Waals surface area contributed by atoms with Crippen LogP contribution in [0.5, 0.6) is 0 Å². The second-order valence-electron chi connectivity index (χ2n) is 13.1. The molecule has 2 aromatic heterocycles. The Balaban J connectivity index is 1.66. The summed E-state index contributed by atoms with van der Waals surface area (Å²) < 4.78 is 29.4. The standard InChI is InChI=1S/C29H44N6O8/c1-14(2)10-17(34-26(37)43-28(5,6)7)25(36)39-12-18-22-23(42-29(8,9)41-22)21(35(18)27(38)40-15(3)4)16-11-31-20-19(16)32-13-33-24(20)30/h11,13-15,17-18,21-23,31H,10,12H2,1-9H3,(H,34,37)(H2,30,32,33)/t17-,18+,21-,22+,23-/m0/s1. The summed E-state index contributed by atoms with van der Waals surface area (Å²) in [5.74, 6) is -1.33. The molecule has 2 amide bonds. The SMILES string of the molecule is CC(C)C[C@H](NC(=O)OC(C)(C)C)C(=O)OC[C@@H]1[C@H]2OC(C)(C)O[C@H]2[C@H](c2c[nH]c3c(N)ncnc23)N1C(=O)OC(C)C. The number of hydrogen-bond acceptors (Lipinski definition) is 11. The van der Waals surface area contributed by atoms with Gasteiger partial charge in [-0.15, -0.1) is 0 Å². The molecular formula is C29H44N6O8. The molecule has 5 atom stereocenters. The van der Waals surface area contributed by atoms with Crippen LogP contribution < -0.4 is 11.1 Å². The predicted molar refractivity (Wildman–Crippen MR) is 156 cm³/mol. The number of nitrogens with zero attached hydrogens (tertiary/aromatic N) is 3. The summed E-state index contributed by atoms with van der Waals surface area (Å²) in [5.41, 5.74) is 6.99. The van der Waals surface area contributed by atoms with Gasteiger partial charge in [0.25, 0.3) is 0 Å². The fourth-order valence-electron chi connectivity index (χ4n) is 5.50. The average Bonchev–Trinajstić information content (AvgIpc) is 3.49. The minimum Gasteiger partial charge on any atom is -0.462 e. The lowest BCUT2D eigenvalue weighted by molar-refractivity contribution is -0.171. The van der Waals surface area contributed by atoms with E-state index in [1.807, 2.05) is 13.8 Å². The number of alkyl carbamates (subject to hydrolysis) is 1. The first kappa shape index (κ1) is 32.3. The van der Waals surface area contributed by atoms with Gasteiger partial charge in [-0.25, -0.2) is 24.4 Å². The number of fused-ring (bicyclic) bond motifs is 2. The van der Waals surface area contributed by atoms with Crippen LogP contribution in [0.3, 0.4) is 0 Å². The zero-order chi connectivity index (χ0) is 31.9. The number of hydrogen-bond donors (Lipinski definition) is 3. The Hall–Kier alpha value is -3.65. The molecule has 238 valence electrons. The lowest BCUT2D eigenvalue weighted by Gasteiger charge is -2.34. The molecular weight excluding hydrogens is 560 g/mol. The van der Waals surface area contributed by atoms with Crippen molar-refractivity contribution >= 4 is 35.0 Å². The maximum atomic E-state index is 13.7. The van der Waals surface area contributed by atoms with E-state index in [-0.39, 0.29) is 18.3 Å². The lowest BCUT2D eigenvalue weighted by Crippen LogP contribution is -2.49. The highest BCUT2D eigenvalue weighted by molar-refractivity contribution is 5.88. The molecule has 43 heavy (non-hydrogen) atoms. The zero-order valence-electron chi connectivity index (χ0n) is 26.3. The third-order valence-electron chi connectivity index (χ3n) is 6.98. The monoisotopic (exact) mass is 604 g/mol. The maximum Gasteiger partial charge on any atom is 0.411 e. The second-order valence-corrected chi connectivity index (χ2v) is 13.1. The van der Waals surface area contributed by atoms with Crippen molar-refractivity contribution in [2.45, 2.75) is 117 Å². The number of carbonyl (C=O) groups is 3. The number of nitrogens with two attached hydrogens (primary N) is 1. The summed E-state index contributed by atoms with van der Waals surface area (Å²) in [6.45, 7) is 15.9. The molecule has 0 unspecified atom stereocenters. The van der Waals surface area contributed by atoms with Crippen molar-refractivity contribution in [1.29, 1.82) is 0 Å². The van der Waals surface area contributed by atoms with Crippen molar-refractivity contribution < 1.29 is 38.1 Å². The van der Waals surface area contributed by atoms with Crippen LogP contribution in [0.1, 0.15) is 80.3 Å². The number of nitrogen functional groups attached to an aromatic ring is 1. The predicted octanol–water partition coefficient (Wildman–Crippen LogP) is 3.81. The molecule has 4 heterocycles. The molecule has 2 aliphatic rings. The smallest absolute Gasteiger partial charge is 0.411 e. The number of aromatic amines is 1. The maximum absolute atomic E-state index is 13.7. The van der Waals surface area contributed by atoms with Gasteiger partial charge >= 0.3 is 18.2 Å². The van der Waals surface area contributed by atoms with Crippen molar-refractivity contribution in [1.82, 2.24) is 25.2 Å². The Morgan fingerprint density at radius 3 is 2.44 bits per heavy atom. The summed E-state index contributed by atoms with van der Waals surface area (Å²) in [6.07, 6.45) is 0.248. The first-order valence-corrected chi connectivity index (χ1v) is 14.6. The third kappa shape index (κ3) is 7.29. The van der Waals surface area contributed by atoms with Crippen molar-refractivity contribution in [3.63, 3.8) is 0 Å². The van der Waals surface area contributed by atoms with Crippen LogP contribution in [0.2, 0.25) is 0 Å². The van der Waals surface area contributed by atoms with Crippen LogP contribution in [0.4, 0.5) is 15.4 Å². The Morgan fingerprint density at radius 2 is 1.81 bits per heavy atom. The Morgan fingerprint density at radius 1 is 1.14 bits per heavy atom. The molecule has 0 saturated carbocycles. The highest BCUT2D eigenvalue weighted by Crippen LogP contribution is 2.48. The summed E-state index contributed by atoms with van der Waals surface area (Å²) in [5, 5.41) is 2.63. The average molecular weight is 605 g/mol. The number of aromatic nitrogens is 3. The van der Waals surface area contributed by atoms with Crippen LogP contribution in [-0.2, 0) is 28.5 Å². The van der Waals surface area contributed by atoms with Gasteiger partial charge in [-0.3, -0.25) is 4.90 Å². The number of carbonyl (C=O) groups excluding carboxylic acids is 3. The molecule has 2 saturated heterocycles. The summed E-state index contributed by atoms with van der Waals surface area (Å²) in [7, 11) is 0. The molecule has 0 spiro atoms. The van der Waals surface area contributed by atoms with Crippen molar-refractivity contribution in [3.05, 3.63) is 18.1 Å². The number of H-pyrrole nitrogens is 1. The van der Waals surface area contributed by atoms with Gasteiger partial charge in [-0.2, -0.15) is 0 Å². The number of anilines is 1. The Kier molecular flexibility index (Phi) is 9.12. The molecule has 14 heteroatoms. The normalized spacial score (nSPS) is 23.8. The van der Waals surface area contributed by atoms with Crippen LogP contribution in [0, 0.1) is 5.92 Å². The van der Waals surface area contributed by atoms with E-state index in [0.717, 1.165) is 0 Å². The lowest BCUT2D eigenvalue weighted by atomic mass is 10.0. The first-order chi connectivity index (χ1) is 20.0. The van der Waals surface area contributed by atoms with E-state index < -0.39 is 66.0 Å². The largest absolute Gasteiger partial charge is 0.462 e. The summed E-state index contributed by atoms with van der Waals surface area (Å²) in [4.78, 5) is 52.7. The number of rotatable bonds is 8. The van der Waals surface area contributed by atoms with Crippen molar-refractivity contribution in [2.24, 2.45) is 5.92 Å². The van der Waals surface area contributed by atoms with E-state index >= 15 is 0 Å². The number of ether oxygens (including phenoxy) is 5. The molecule has 2 fully saturated rings. The van der Waals surface area contributed by atoms with Crippen LogP contribution in [0.25, 0.3) is 11.0 Å². The van der Waals surface area contributed by atoms with Crippen LogP contribution >= 0.6 is 0 Å². The molecule has 4 rings (SSSR count). The van der Waals surface area contributed by atoms with Gasteiger partial charge in [-0.05, 0) is 60.8 Å². The van der Waals surface area contributed by atoms with E-state index in [1.165, 1.54) is 11.2 Å². The highest BCUT2D eigenvalue weighted by atomic mass is 16.8. The molecule has 0 aliphatic carbocycles. The highest BCUT2D eigenvalue weighted by Gasteiger charge is 2.61. The number of esters is 1. The van der Waals surface area contributed by atoms with Gasteiger partial charge in [0.05, 0.1) is 23.7 Å². The van der Waals surface area contributed by atoms with Crippen LogP contribution in [0.15, 0.2) is 12.5 Å². The molecule has 2 aromatic rings. The fraction of sp³-hybridized carbons (Fsp3) is 0.690. The molecule has 0 bridgehead atoms. The van der Waals surface area contributed by atoms with Gasteiger partial charge in [0.15, 0.2) is 11.6 Å². The zero-order valence-corrected chi connectivity index (χ0v) is 26.3. The van der Waals surface area contributed by atoms with Crippen LogP contribution in [-0.4, -0.2) is 86.4 Å². The Labute approximate surface area is 251 Å². The number of amides is 2. The van der Waals surface area contributed by atoms with Gasteiger partial charge in [0.2, 0.25) is 0 Å². The fourth-order valence-corrected chi connectivity index (χ4v) is 5.50. The Bertz CT molecular complexity index is 1340. The van der Waals surface area contributed by atoms with Gasteiger partial charge in [0, 0.05) is 11.8 Å². The molecule has 0 radical (unpaired) electrons. The topological polar surface area (TPSA) is 180 Å². The quantitative estimate of drug-likeness (QED) is 0.294. The number of nitrogens with one attached hydrogen (secondary N) is 2. The van der Waals surface area contributed by atoms with E-state index in [9.17, 15) is 14.4 Å². The number of likely N-dealkylation sites (tertiary alicyclic amines) is 1. The first-order valence-electron chi connectivity index (χ1n) is 14.6. The minimum absolute atomic E-state index is 0.0638. The van der Waals surface area contributed by atoms with Crippen molar-refractivity contribution in [2.75, 3.05) is 12.3 Å². The van der Waals surface area contributed by atoms with E-state index in [4.69, 9.17) is 29.4 Å². The van der Waals surface area contributed by atoms with E-state index in [1.54, 1.807) is 54.7 Å². The summed E-state index contributed by atoms with van der Waals surface area (Å²) >= 11 is 0. The molecule has 0 aromatic carbocycles. The second kappa shape index (κ2) is 12.2. The van der Waals surface area contributed by atoms with Gasteiger partial charge in [-0.1, -0.05) is 13.8 Å². The van der Waals surface area contributed by atoms with Crippen molar-refractivity contribution in [3.8, 4) is 0 Å². The summed E-state index contributed by atoms with van der Waals surface area (Å²) in [6, 6.07) is -2.49. The van der Waals surface area contributed by atoms with Gasteiger partial charge in [0.1, 0.15) is 42.3 Å². The molecule has 14 nitrogen and oxygen atoms in total.